The Morgan fingerprint density at radius 3 is 2.41 bits per heavy atom. The van der Waals surface area contributed by atoms with Crippen molar-refractivity contribution in [2.24, 2.45) is 0 Å². The lowest BCUT2D eigenvalue weighted by Crippen LogP contribution is -2.50. The highest BCUT2D eigenvalue weighted by Gasteiger charge is 2.55. The fourth-order valence-electron chi connectivity index (χ4n) is 4.95. The Balaban J connectivity index is 1.50. The first kappa shape index (κ1) is 18.9. The number of hydrogen-bond donors (Lipinski definition) is 0. The lowest BCUT2D eigenvalue weighted by molar-refractivity contribution is -0.192. The zero-order valence-electron chi connectivity index (χ0n) is 16.3. The second-order valence-corrected chi connectivity index (χ2v) is 8.30. The largest absolute Gasteiger partial charge is 0.497 e. The van der Waals surface area contributed by atoms with Crippen molar-refractivity contribution in [2.75, 3.05) is 20.3 Å². The summed E-state index contributed by atoms with van der Waals surface area (Å²) in [5.41, 5.74) is 2.07. The number of carbonyl (C=O) groups excluding carboxylic acids is 1. The predicted molar refractivity (Wildman–Crippen MR) is 107 cm³/mol. The molecule has 0 radical (unpaired) electrons. The molecular weight excluding hydrogens is 392 g/mol. The van der Waals surface area contributed by atoms with Crippen molar-refractivity contribution in [1.82, 2.24) is 9.88 Å². The number of methoxy groups -OCH3 is 1. The number of benzene rings is 1. The SMILES string of the molecule is COc1ccc(CN2C(=O)c3nc(Cl)ccc3C23CCC2(CC3)OCCO2)cc1. The Morgan fingerprint density at radius 1 is 1.07 bits per heavy atom. The third-order valence-corrected chi connectivity index (χ3v) is 6.69. The predicted octanol–water partition coefficient (Wildman–Crippen LogP) is 3.91. The number of fused-ring (bicyclic) bond motifs is 2. The van der Waals surface area contributed by atoms with Gasteiger partial charge in [-0.1, -0.05) is 29.8 Å². The Morgan fingerprint density at radius 2 is 1.76 bits per heavy atom. The van der Waals surface area contributed by atoms with Crippen LogP contribution in [0.1, 0.15) is 47.3 Å². The number of carbonyl (C=O) groups is 1. The molecule has 1 saturated carbocycles. The summed E-state index contributed by atoms with van der Waals surface area (Å²) in [6.45, 7) is 1.77. The molecule has 3 aliphatic rings. The van der Waals surface area contributed by atoms with Gasteiger partial charge in [0.2, 0.25) is 0 Å². The minimum absolute atomic E-state index is 0.0671. The van der Waals surface area contributed by atoms with E-state index in [2.05, 4.69) is 4.98 Å². The van der Waals surface area contributed by atoms with Crippen molar-refractivity contribution < 1.29 is 19.0 Å². The molecule has 2 fully saturated rings. The normalized spacial score (nSPS) is 21.7. The van der Waals surface area contributed by atoms with Crippen LogP contribution in [0.25, 0.3) is 0 Å². The quantitative estimate of drug-likeness (QED) is 0.712. The van der Waals surface area contributed by atoms with Crippen molar-refractivity contribution in [2.45, 2.75) is 43.6 Å². The topological polar surface area (TPSA) is 60.9 Å². The Bertz CT molecular complexity index is 930. The maximum Gasteiger partial charge on any atom is 0.273 e. The van der Waals surface area contributed by atoms with E-state index in [1.807, 2.05) is 35.2 Å². The van der Waals surface area contributed by atoms with E-state index in [1.165, 1.54) is 0 Å². The molecule has 5 rings (SSSR count). The summed E-state index contributed by atoms with van der Waals surface area (Å²) in [7, 11) is 1.64. The second-order valence-electron chi connectivity index (χ2n) is 7.91. The van der Waals surface area contributed by atoms with E-state index < -0.39 is 11.3 Å². The number of pyridine rings is 1. The van der Waals surface area contributed by atoms with Gasteiger partial charge in [0, 0.05) is 24.9 Å². The fourth-order valence-corrected chi connectivity index (χ4v) is 5.10. The minimum atomic E-state index is -0.497. The zero-order valence-corrected chi connectivity index (χ0v) is 17.1. The number of halogens is 1. The van der Waals surface area contributed by atoms with Crippen molar-refractivity contribution in [3.63, 3.8) is 0 Å². The number of amides is 1. The van der Waals surface area contributed by atoms with E-state index in [1.54, 1.807) is 13.2 Å². The van der Waals surface area contributed by atoms with Crippen molar-refractivity contribution in [3.05, 3.63) is 58.4 Å². The van der Waals surface area contributed by atoms with Gasteiger partial charge in [-0.3, -0.25) is 4.79 Å². The van der Waals surface area contributed by atoms with E-state index in [0.29, 0.717) is 30.6 Å². The minimum Gasteiger partial charge on any atom is -0.497 e. The molecule has 2 spiro atoms. The molecule has 0 bridgehead atoms. The molecule has 1 aromatic heterocycles. The van der Waals surface area contributed by atoms with Gasteiger partial charge in [-0.2, -0.15) is 0 Å². The van der Waals surface area contributed by atoms with E-state index in [4.69, 9.17) is 25.8 Å². The van der Waals surface area contributed by atoms with Crippen molar-refractivity contribution in [3.8, 4) is 5.75 Å². The molecule has 1 aliphatic carbocycles. The van der Waals surface area contributed by atoms with Crippen LogP contribution in [0.2, 0.25) is 5.15 Å². The lowest BCUT2D eigenvalue weighted by atomic mass is 9.74. The summed E-state index contributed by atoms with van der Waals surface area (Å²) >= 11 is 6.12. The van der Waals surface area contributed by atoms with Crippen LogP contribution in [-0.2, 0) is 21.6 Å². The smallest absolute Gasteiger partial charge is 0.273 e. The standard InChI is InChI=1S/C22H23ClN2O4/c1-27-16-4-2-15(3-5-16)14-25-20(26)19-17(6-7-18(23)24-19)21(25)8-10-22(11-9-21)28-12-13-29-22/h2-7H,8-14H2,1H3. The third-order valence-electron chi connectivity index (χ3n) is 6.48. The maximum atomic E-state index is 13.4. The van der Waals surface area contributed by atoms with Crippen LogP contribution >= 0.6 is 11.6 Å². The molecule has 0 N–H and O–H groups in total. The summed E-state index contributed by atoms with van der Waals surface area (Å²) in [5, 5.41) is 0.341. The Hall–Kier alpha value is -2.15. The van der Waals surface area contributed by atoms with E-state index in [9.17, 15) is 4.79 Å². The first-order valence-corrected chi connectivity index (χ1v) is 10.3. The Labute approximate surface area is 174 Å². The monoisotopic (exact) mass is 414 g/mol. The number of rotatable bonds is 3. The second kappa shape index (κ2) is 6.97. The first-order chi connectivity index (χ1) is 14.1. The highest BCUT2D eigenvalue weighted by atomic mass is 35.5. The Kier molecular flexibility index (Phi) is 4.53. The number of hydrogen-bond acceptors (Lipinski definition) is 5. The molecule has 29 heavy (non-hydrogen) atoms. The van der Waals surface area contributed by atoms with Gasteiger partial charge in [-0.15, -0.1) is 0 Å². The van der Waals surface area contributed by atoms with Crippen LogP contribution in [-0.4, -0.2) is 41.9 Å². The fraction of sp³-hybridized carbons (Fsp3) is 0.455. The van der Waals surface area contributed by atoms with Crippen LogP contribution in [0.3, 0.4) is 0 Å². The summed E-state index contributed by atoms with van der Waals surface area (Å²) in [6.07, 6.45) is 3.04. The summed E-state index contributed by atoms with van der Waals surface area (Å²) in [4.78, 5) is 19.7. The van der Waals surface area contributed by atoms with E-state index in [0.717, 1.165) is 42.6 Å². The molecule has 152 valence electrons. The van der Waals surface area contributed by atoms with Crippen LogP contribution in [0.5, 0.6) is 5.75 Å². The highest BCUT2D eigenvalue weighted by Crippen LogP contribution is 2.52. The highest BCUT2D eigenvalue weighted by molar-refractivity contribution is 6.29. The molecule has 3 heterocycles. The van der Waals surface area contributed by atoms with Gasteiger partial charge in [-0.25, -0.2) is 4.98 Å². The molecule has 2 aliphatic heterocycles. The van der Waals surface area contributed by atoms with Crippen LogP contribution in [0, 0.1) is 0 Å². The van der Waals surface area contributed by atoms with Gasteiger partial charge < -0.3 is 19.1 Å². The summed E-state index contributed by atoms with van der Waals surface area (Å²) < 4.78 is 17.1. The van der Waals surface area contributed by atoms with Gasteiger partial charge in [0.15, 0.2) is 5.79 Å². The molecule has 6 nitrogen and oxygen atoms in total. The van der Waals surface area contributed by atoms with Crippen molar-refractivity contribution in [1.29, 1.82) is 0 Å². The molecule has 1 aromatic carbocycles. The van der Waals surface area contributed by atoms with Crippen LogP contribution in [0.15, 0.2) is 36.4 Å². The average molecular weight is 415 g/mol. The number of nitrogens with zero attached hydrogens (tertiary/aromatic N) is 2. The average Bonchev–Trinajstić information content (AvgIpc) is 3.28. The number of ether oxygens (including phenoxy) is 3. The third kappa shape index (κ3) is 3.01. The maximum absolute atomic E-state index is 13.4. The molecule has 1 saturated heterocycles. The van der Waals surface area contributed by atoms with Gasteiger partial charge in [0.1, 0.15) is 16.6 Å². The van der Waals surface area contributed by atoms with Gasteiger partial charge in [-0.05, 0) is 36.6 Å². The lowest BCUT2D eigenvalue weighted by Gasteiger charge is -2.46. The van der Waals surface area contributed by atoms with Crippen LogP contribution in [0.4, 0.5) is 0 Å². The van der Waals surface area contributed by atoms with E-state index >= 15 is 0 Å². The zero-order chi connectivity index (χ0) is 20.1. The number of aromatic nitrogens is 1. The molecule has 0 atom stereocenters. The molecule has 0 unspecified atom stereocenters. The van der Waals surface area contributed by atoms with Gasteiger partial charge in [0.25, 0.3) is 5.91 Å². The summed E-state index contributed by atoms with van der Waals surface area (Å²) in [6, 6.07) is 11.6. The van der Waals surface area contributed by atoms with Gasteiger partial charge in [0.05, 0.1) is 25.9 Å². The van der Waals surface area contributed by atoms with E-state index in [-0.39, 0.29) is 5.91 Å². The molecule has 2 aromatic rings. The first-order valence-electron chi connectivity index (χ1n) is 9.95. The summed E-state index contributed by atoms with van der Waals surface area (Å²) in [5.74, 6) is 0.230. The molecule has 7 heteroatoms. The van der Waals surface area contributed by atoms with Gasteiger partial charge >= 0.3 is 0 Å². The van der Waals surface area contributed by atoms with Crippen LogP contribution < -0.4 is 4.74 Å². The molecular formula is C22H23ClN2O4. The molecule has 1 amide bonds. The van der Waals surface area contributed by atoms with Crippen molar-refractivity contribution >= 4 is 17.5 Å².